The molecule has 26 heavy (non-hydrogen) atoms. The van der Waals surface area contributed by atoms with Crippen LogP contribution in [-0.4, -0.2) is 28.2 Å². The van der Waals surface area contributed by atoms with Gasteiger partial charge in [-0.15, -0.1) is 0 Å². The minimum Gasteiger partial charge on any atom is -0.390 e. The highest BCUT2D eigenvalue weighted by molar-refractivity contribution is 5.97. The molecule has 1 heterocycles. The Morgan fingerprint density at radius 2 is 1.77 bits per heavy atom. The van der Waals surface area contributed by atoms with E-state index in [0.29, 0.717) is 23.7 Å². The molecule has 3 unspecified atom stereocenters. The molecule has 1 saturated heterocycles. The zero-order valence-corrected chi connectivity index (χ0v) is 16.4. The van der Waals surface area contributed by atoms with Crippen LogP contribution in [0.25, 0.3) is 0 Å². The normalized spacial score (nSPS) is 63.2. The fourth-order valence-corrected chi connectivity index (χ4v) is 8.41. The van der Waals surface area contributed by atoms with Gasteiger partial charge in [0.15, 0.2) is 5.78 Å². The Morgan fingerprint density at radius 3 is 2.46 bits per heavy atom. The summed E-state index contributed by atoms with van der Waals surface area (Å²) in [5.74, 6) is 1.91. The zero-order valence-electron chi connectivity index (χ0n) is 16.4. The van der Waals surface area contributed by atoms with E-state index in [1.54, 1.807) is 0 Å². The van der Waals surface area contributed by atoms with Gasteiger partial charge in [0.1, 0.15) is 12.2 Å². The minimum absolute atomic E-state index is 0.00416. The summed E-state index contributed by atoms with van der Waals surface area (Å²) in [4.78, 5) is 12.8. The number of nitrogens with zero attached hydrogens (tertiary/aromatic N) is 1. The average molecular weight is 357 g/mol. The largest absolute Gasteiger partial charge is 0.390 e. The topological polar surface area (TPSA) is 73.6 Å². The Hall–Kier alpha value is -0.920. The zero-order chi connectivity index (χ0) is 18.7. The number of ether oxygens (including phenoxy) is 1. The fraction of sp³-hybridized carbons (Fsp3) is 0.909. The fourth-order valence-electron chi connectivity index (χ4n) is 8.41. The predicted octanol–water partition coefficient (Wildman–Crippen LogP) is 3.48. The Bertz CT molecular complexity index is 725. The summed E-state index contributed by atoms with van der Waals surface area (Å²) in [7, 11) is 0. The maximum Gasteiger partial charge on any atom is 0.240 e. The van der Waals surface area contributed by atoms with Crippen molar-refractivity contribution in [3.63, 3.8) is 0 Å². The molecule has 5 fully saturated rings. The highest BCUT2D eigenvalue weighted by Crippen LogP contribution is 2.72. The highest BCUT2D eigenvalue weighted by atomic mass is 16.6. The molecule has 1 N–H and O–H groups in total. The molecule has 0 aromatic rings. The lowest BCUT2D eigenvalue weighted by atomic mass is 9.42. The van der Waals surface area contributed by atoms with Gasteiger partial charge in [0, 0.05) is 11.3 Å². The first kappa shape index (κ1) is 17.2. The van der Waals surface area contributed by atoms with E-state index in [4.69, 9.17) is 4.74 Å². The maximum absolute atomic E-state index is 12.8. The smallest absolute Gasteiger partial charge is 0.240 e. The van der Waals surface area contributed by atoms with E-state index in [-0.39, 0.29) is 28.6 Å². The van der Waals surface area contributed by atoms with Gasteiger partial charge in [-0.1, -0.05) is 20.8 Å². The molecular formula is C22H31NO3. The third-order valence-electron chi connectivity index (χ3n) is 10.1. The standard InChI is InChI=1S/C22H31NO3/c1-12-14-6-5-13-15-8-10-20(3,25)19(15,2)9-7-16(13)21(14,4)18-22(11-23,26-18)17(12)24/h12-16,18,25H,5-10H2,1-4H3/t12?,13-,14?,15-,16-,18?,19-,20-,21-,22+/m0/s1. The van der Waals surface area contributed by atoms with E-state index in [2.05, 4.69) is 19.9 Å². The SMILES string of the molecule is CC1C(=O)[C@@]2(C#N)OC2[C@@]2(C)C1CC[C@@H]1[C@@H]2CC[C@@]2(C)[C@H]1CC[C@]2(C)O. The van der Waals surface area contributed by atoms with Crippen LogP contribution in [0.3, 0.4) is 0 Å². The molecule has 4 aliphatic carbocycles. The molecule has 0 aromatic carbocycles. The number of aliphatic hydroxyl groups is 1. The van der Waals surface area contributed by atoms with Crippen LogP contribution in [0, 0.1) is 51.8 Å². The third-order valence-corrected chi connectivity index (χ3v) is 10.1. The van der Waals surface area contributed by atoms with Crippen molar-refractivity contribution in [3.8, 4) is 6.07 Å². The van der Waals surface area contributed by atoms with E-state index in [1.807, 2.05) is 13.8 Å². The molecule has 10 atom stereocenters. The number of Topliss-reactive ketones (excluding diaryl/α,β-unsaturated/α-hetero) is 1. The first-order chi connectivity index (χ1) is 12.1. The highest BCUT2D eigenvalue weighted by Gasteiger charge is 2.79. The molecule has 0 radical (unpaired) electrons. The minimum atomic E-state index is -1.16. The summed E-state index contributed by atoms with van der Waals surface area (Å²) < 4.78 is 5.94. The number of rotatable bonds is 0. The van der Waals surface area contributed by atoms with Crippen LogP contribution in [0.4, 0.5) is 0 Å². The number of fused-ring (bicyclic) bond motifs is 7. The Morgan fingerprint density at radius 1 is 1.08 bits per heavy atom. The lowest BCUT2D eigenvalue weighted by Gasteiger charge is -2.61. The summed E-state index contributed by atoms with van der Waals surface area (Å²) in [6.45, 7) is 8.68. The Balaban J connectivity index is 1.55. The van der Waals surface area contributed by atoms with E-state index in [1.165, 1.54) is 0 Å². The quantitative estimate of drug-likeness (QED) is 0.674. The van der Waals surface area contributed by atoms with Crippen molar-refractivity contribution in [1.29, 1.82) is 5.26 Å². The first-order valence-corrected chi connectivity index (χ1v) is 10.5. The van der Waals surface area contributed by atoms with Gasteiger partial charge in [-0.25, -0.2) is 0 Å². The Labute approximate surface area is 156 Å². The van der Waals surface area contributed by atoms with E-state index < -0.39 is 11.2 Å². The van der Waals surface area contributed by atoms with Crippen LogP contribution in [-0.2, 0) is 9.53 Å². The second-order valence-corrected chi connectivity index (χ2v) is 10.7. The number of hydrogen-bond donors (Lipinski definition) is 1. The van der Waals surface area contributed by atoms with Crippen LogP contribution in [0.15, 0.2) is 0 Å². The monoisotopic (exact) mass is 357 g/mol. The van der Waals surface area contributed by atoms with Crippen LogP contribution >= 0.6 is 0 Å². The van der Waals surface area contributed by atoms with Gasteiger partial charge in [0.2, 0.25) is 5.60 Å². The summed E-state index contributed by atoms with van der Waals surface area (Å²) in [6, 6.07) is 2.24. The number of hydrogen-bond acceptors (Lipinski definition) is 4. The lowest BCUT2D eigenvalue weighted by Crippen LogP contribution is -2.61. The molecule has 142 valence electrons. The molecular weight excluding hydrogens is 326 g/mol. The number of carbonyl (C=O) groups is 1. The number of carbonyl (C=O) groups excluding carboxylic acids is 1. The molecule has 5 rings (SSSR count). The molecule has 4 saturated carbocycles. The summed E-state index contributed by atoms with van der Waals surface area (Å²) >= 11 is 0. The average Bonchev–Trinajstić information content (AvgIpc) is 3.31. The summed E-state index contributed by atoms with van der Waals surface area (Å²) in [5, 5.41) is 20.8. The van der Waals surface area contributed by atoms with Gasteiger partial charge in [0.25, 0.3) is 0 Å². The molecule has 0 spiro atoms. The second kappa shape index (κ2) is 4.73. The van der Waals surface area contributed by atoms with Crippen molar-refractivity contribution >= 4 is 5.78 Å². The van der Waals surface area contributed by atoms with E-state index in [9.17, 15) is 15.2 Å². The van der Waals surface area contributed by atoms with Crippen molar-refractivity contribution < 1.29 is 14.6 Å². The molecule has 4 heteroatoms. The first-order valence-electron chi connectivity index (χ1n) is 10.5. The van der Waals surface area contributed by atoms with Crippen molar-refractivity contribution in [3.05, 3.63) is 0 Å². The molecule has 0 amide bonds. The van der Waals surface area contributed by atoms with Crippen molar-refractivity contribution in [2.24, 2.45) is 40.4 Å². The van der Waals surface area contributed by atoms with Gasteiger partial charge in [-0.2, -0.15) is 5.26 Å². The predicted molar refractivity (Wildman–Crippen MR) is 95.9 cm³/mol. The van der Waals surface area contributed by atoms with E-state index >= 15 is 0 Å². The maximum atomic E-state index is 12.8. The number of ketones is 1. The van der Waals surface area contributed by atoms with Crippen molar-refractivity contribution in [2.75, 3.05) is 0 Å². The van der Waals surface area contributed by atoms with Gasteiger partial charge in [0.05, 0.1) is 5.60 Å². The van der Waals surface area contributed by atoms with Crippen LogP contribution in [0.2, 0.25) is 0 Å². The van der Waals surface area contributed by atoms with E-state index in [0.717, 1.165) is 38.5 Å². The lowest BCUT2D eigenvalue weighted by molar-refractivity contribution is -0.159. The van der Waals surface area contributed by atoms with Gasteiger partial charge in [-0.3, -0.25) is 4.79 Å². The summed E-state index contributed by atoms with van der Waals surface area (Å²) in [5.41, 5.74) is -1.80. The number of nitriles is 1. The molecule has 0 bridgehead atoms. The van der Waals surface area contributed by atoms with Crippen LogP contribution in [0.5, 0.6) is 0 Å². The summed E-state index contributed by atoms with van der Waals surface area (Å²) in [6.07, 6.45) is 6.13. The van der Waals surface area contributed by atoms with Crippen LogP contribution < -0.4 is 0 Å². The van der Waals surface area contributed by atoms with Gasteiger partial charge in [-0.05, 0) is 74.5 Å². The Kier molecular flexibility index (Phi) is 3.13. The van der Waals surface area contributed by atoms with Crippen molar-refractivity contribution in [1.82, 2.24) is 0 Å². The number of epoxide rings is 1. The molecule has 1 aliphatic heterocycles. The second-order valence-electron chi connectivity index (χ2n) is 10.7. The molecule has 4 nitrogen and oxygen atoms in total. The molecule has 0 aromatic heterocycles. The van der Waals surface area contributed by atoms with Crippen LogP contribution in [0.1, 0.15) is 66.2 Å². The third kappa shape index (κ3) is 1.63. The van der Waals surface area contributed by atoms with Crippen molar-refractivity contribution in [2.45, 2.75) is 83.5 Å². The molecule has 5 aliphatic rings. The van der Waals surface area contributed by atoms with Gasteiger partial charge >= 0.3 is 0 Å². The van der Waals surface area contributed by atoms with Gasteiger partial charge < -0.3 is 9.84 Å².